The summed E-state index contributed by atoms with van der Waals surface area (Å²) in [6, 6.07) is 9.83. The quantitative estimate of drug-likeness (QED) is 0.688. The van der Waals surface area contributed by atoms with E-state index in [4.69, 9.17) is 10.00 Å². The molecule has 1 fully saturated rings. The number of carbonyl (C=O) groups excluding carboxylic acids is 2. The molecule has 160 valence electrons. The molecule has 0 N–H and O–H groups in total. The summed E-state index contributed by atoms with van der Waals surface area (Å²) in [5, 5.41) is 8.76. The van der Waals surface area contributed by atoms with Gasteiger partial charge in [-0.1, -0.05) is 18.2 Å². The maximum absolute atomic E-state index is 14.1. The number of hydrogen-bond acceptors (Lipinski definition) is 5. The van der Waals surface area contributed by atoms with Gasteiger partial charge in [0.05, 0.1) is 17.5 Å². The second kappa shape index (κ2) is 8.82. The molecule has 2 aromatic rings. The number of piperazine rings is 1. The van der Waals surface area contributed by atoms with Crippen LogP contribution in [-0.4, -0.2) is 54.4 Å². The normalized spacial score (nSPS) is 16.0. The Balaban J connectivity index is 1.27. The zero-order valence-corrected chi connectivity index (χ0v) is 16.9. The molecule has 2 aliphatic heterocycles. The molecular formula is C23H21F2N3O3. The number of cyclic esters (lactones) is 1. The zero-order chi connectivity index (χ0) is 22.0. The standard InChI is InChI=1S/C23H21F2N3O3/c24-21-16(2-3-17(13-26)22(21)25)12-20(29)28-9-7-27(8-10-28)6-5-15-1-4-19-18(11-15)14-31-23(19)30/h1-4,11H,5-10,12,14H2. The molecule has 2 aromatic carbocycles. The summed E-state index contributed by atoms with van der Waals surface area (Å²) in [7, 11) is 0. The second-order valence-electron chi connectivity index (χ2n) is 7.73. The summed E-state index contributed by atoms with van der Waals surface area (Å²) in [6.07, 6.45) is 0.593. The first-order chi connectivity index (χ1) is 15.0. The van der Waals surface area contributed by atoms with E-state index in [1.54, 1.807) is 11.0 Å². The third kappa shape index (κ3) is 4.42. The molecule has 31 heavy (non-hydrogen) atoms. The molecule has 2 heterocycles. The van der Waals surface area contributed by atoms with Gasteiger partial charge >= 0.3 is 5.97 Å². The number of ether oxygens (including phenoxy) is 1. The van der Waals surface area contributed by atoms with E-state index in [2.05, 4.69) is 4.90 Å². The number of fused-ring (bicyclic) bond motifs is 1. The van der Waals surface area contributed by atoms with E-state index < -0.39 is 11.6 Å². The average molecular weight is 425 g/mol. The summed E-state index contributed by atoms with van der Waals surface area (Å²) >= 11 is 0. The SMILES string of the molecule is N#Cc1ccc(CC(=O)N2CCN(CCc3ccc4c(c3)COC4=O)CC2)c(F)c1F. The van der Waals surface area contributed by atoms with Crippen molar-refractivity contribution in [1.29, 1.82) is 5.26 Å². The maximum atomic E-state index is 14.1. The third-order valence-electron chi connectivity index (χ3n) is 5.81. The minimum atomic E-state index is -1.21. The van der Waals surface area contributed by atoms with Gasteiger partial charge in [0.25, 0.3) is 0 Å². The van der Waals surface area contributed by atoms with Crippen LogP contribution in [0.2, 0.25) is 0 Å². The molecule has 0 bridgehead atoms. The average Bonchev–Trinajstić information content (AvgIpc) is 3.16. The molecule has 0 aliphatic carbocycles. The second-order valence-corrected chi connectivity index (χ2v) is 7.73. The van der Waals surface area contributed by atoms with Crippen LogP contribution < -0.4 is 0 Å². The maximum Gasteiger partial charge on any atom is 0.338 e. The van der Waals surface area contributed by atoms with E-state index in [1.165, 1.54) is 12.1 Å². The number of nitrogens with zero attached hydrogens (tertiary/aromatic N) is 3. The Hall–Kier alpha value is -3.31. The number of nitriles is 1. The Bertz CT molecular complexity index is 1070. The van der Waals surface area contributed by atoms with Gasteiger partial charge in [-0.2, -0.15) is 5.26 Å². The Labute approximate surface area is 178 Å². The summed E-state index contributed by atoms with van der Waals surface area (Å²) < 4.78 is 32.9. The smallest absolute Gasteiger partial charge is 0.338 e. The van der Waals surface area contributed by atoms with Crippen molar-refractivity contribution in [2.45, 2.75) is 19.4 Å². The molecule has 2 aliphatic rings. The van der Waals surface area contributed by atoms with Crippen molar-refractivity contribution in [3.05, 3.63) is 69.8 Å². The lowest BCUT2D eigenvalue weighted by Gasteiger charge is -2.35. The monoisotopic (exact) mass is 425 g/mol. The lowest BCUT2D eigenvalue weighted by Crippen LogP contribution is -2.49. The number of esters is 1. The van der Waals surface area contributed by atoms with E-state index >= 15 is 0 Å². The summed E-state index contributed by atoms with van der Waals surface area (Å²) in [5.41, 5.74) is 2.28. The van der Waals surface area contributed by atoms with Gasteiger partial charge in [-0.3, -0.25) is 9.69 Å². The fourth-order valence-corrected chi connectivity index (χ4v) is 3.94. The highest BCUT2D eigenvalue weighted by Crippen LogP contribution is 2.22. The molecule has 0 unspecified atom stereocenters. The minimum Gasteiger partial charge on any atom is -0.457 e. The van der Waals surface area contributed by atoms with Gasteiger partial charge in [0.2, 0.25) is 5.91 Å². The van der Waals surface area contributed by atoms with E-state index in [-0.39, 0.29) is 29.4 Å². The lowest BCUT2D eigenvalue weighted by atomic mass is 10.0. The van der Waals surface area contributed by atoms with E-state index in [0.29, 0.717) is 38.3 Å². The van der Waals surface area contributed by atoms with Crippen molar-refractivity contribution < 1.29 is 23.1 Å². The zero-order valence-electron chi connectivity index (χ0n) is 16.9. The van der Waals surface area contributed by atoms with Crippen molar-refractivity contribution in [1.82, 2.24) is 9.80 Å². The van der Waals surface area contributed by atoms with Crippen LogP contribution in [0.15, 0.2) is 30.3 Å². The van der Waals surface area contributed by atoms with Gasteiger partial charge in [-0.05, 0) is 24.1 Å². The molecule has 6 nitrogen and oxygen atoms in total. The lowest BCUT2D eigenvalue weighted by molar-refractivity contribution is -0.132. The number of hydrogen-bond donors (Lipinski definition) is 0. The number of carbonyl (C=O) groups is 2. The highest BCUT2D eigenvalue weighted by atomic mass is 19.2. The summed E-state index contributed by atoms with van der Waals surface area (Å²) in [4.78, 5) is 28.0. The summed E-state index contributed by atoms with van der Waals surface area (Å²) in [6.45, 7) is 3.58. The van der Waals surface area contributed by atoms with Crippen molar-refractivity contribution in [3.8, 4) is 6.07 Å². The Morgan fingerprint density at radius 2 is 1.87 bits per heavy atom. The van der Waals surface area contributed by atoms with Crippen LogP contribution in [0.5, 0.6) is 0 Å². The molecule has 0 saturated carbocycles. The Morgan fingerprint density at radius 1 is 1.10 bits per heavy atom. The van der Waals surface area contributed by atoms with Crippen molar-refractivity contribution in [2.75, 3.05) is 32.7 Å². The molecular weight excluding hydrogens is 404 g/mol. The minimum absolute atomic E-state index is 0.0389. The van der Waals surface area contributed by atoms with Crippen LogP contribution in [0.3, 0.4) is 0 Å². The molecule has 0 aromatic heterocycles. The first-order valence-corrected chi connectivity index (χ1v) is 10.1. The van der Waals surface area contributed by atoms with Gasteiger partial charge in [0, 0.05) is 43.9 Å². The van der Waals surface area contributed by atoms with E-state index in [1.807, 2.05) is 18.2 Å². The Kier molecular flexibility index (Phi) is 5.96. The number of amides is 1. The predicted molar refractivity (Wildman–Crippen MR) is 107 cm³/mol. The fourth-order valence-electron chi connectivity index (χ4n) is 3.94. The van der Waals surface area contributed by atoms with Crippen LogP contribution in [0, 0.1) is 23.0 Å². The van der Waals surface area contributed by atoms with Crippen LogP contribution in [-0.2, 0) is 29.0 Å². The van der Waals surface area contributed by atoms with Gasteiger partial charge in [-0.15, -0.1) is 0 Å². The van der Waals surface area contributed by atoms with E-state index in [0.717, 1.165) is 24.1 Å². The number of halogens is 2. The van der Waals surface area contributed by atoms with Crippen molar-refractivity contribution >= 4 is 11.9 Å². The van der Waals surface area contributed by atoms with Crippen molar-refractivity contribution in [3.63, 3.8) is 0 Å². The molecule has 1 amide bonds. The van der Waals surface area contributed by atoms with Crippen LogP contribution >= 0.6 is 0 Å². The van der Waals surface area contributed by atoms with Crippen LogP contribution in [0.1, 0.15) is 32.6 Å². The van der Waals surface area contributed by atoms with Crippen LogP contribution in [0.25, 0.3) is 0 Å². The third-order valence-corrected chi connectivity index (χ3v) is 5.81. The Morgan fingerprint density at radius 3 is 2.61 bits per heavy atom. The van der Waals surface area contributed by atoms with Gasteiger partial charge < -0.3 is 9.64 Å². The molecule has 8 heteroatoms. The highest BCUT2D eigenvalue weighted by Gasteiger charge is 2.24. The fraction of sp³-hybridized carbons (Fsp3) is 0.348. The topological polar surface area (TPSA) is 73.6 Å². The first-order valence-electron chi connectivity index (χ1n) is 10.1. The number of benzene rings is 2. The highest BCUT2D eigenvalue weighted by molar-refractivity contribution is 5.93. The van der Waals surface area contributed by atoms with Gasteiger partial charge in [0.15, 0.2) is 11.6 Å². The van der Waals surface area contributed by atoms with Gasteiger partial charge in [-0.25, -0.2) is 13.6 Å². The van der Waals surface area contributed by atoms with E-state index in [9.17, 15) is 18.4 Å². The molecule has 0 spiro atoms. The molecule has 0 radical (unpaired) electrons. The summed E-state index contributed by atoms with van der Waals surface area (Å²) in [5.74, 6) is -2.87. The number of rotatable bonds is 5. The van der Waals surface area contributed by atoms with Crippen molar-refractivity contribution in [2.24, 2.45) is 0 Å². The molecule has 4 rings (SSSR count). The molecule has 0 atom stereocenters. The van der Waals surface area contributed by atoms with Gasteiger partial charge in [0.1, 0.15) is 12.7 Å². The predicted octanol–water partition coefficient (Wildman–Crippen LogP) is 2.44. The largest absolute Gasteiger partial charge is 0.457 e. The first kappa shape index (κ1) is 20.9. The van der Waals surface area contributed by atoms with Crippen LogP contribution in [0.4, 0.5) is 8.78 Å². The molecule has 1 saturated heterocycles.